The predicted octanol–water partition coefficient (Wildman–Crippen LogP) is 4.89. The van der Waals surface area contributed by atoms with E-state index in [9.17, 15) is 4.79 Å². The fourth-order valence-corrected chi connectivity index (χ4v) is 3.97. The van der Waals surface area contributed by atoms with E-state index in [0.29, 0.717) is 6.61 Å². The Kier molecular flexibility index (Phi) is 5.26. The van der Waals surface area contributed by atoms with E-state index in [0.717, 1.165) is 50.3 Å². The number of hydrogen-bond donors (Lipinski definition) is 0. The average molecular weight is 437 g/mol. The van der Waals surface area contributed by atoms with Crippen molar-refractivity contribution in [2.45, 2.75) is 13.5 Å². The highest BCUT2D eigenvalue weighted by atomic mass is 16.5. The molecule has 0 N–H and O–H groups in total. The minimum atomic E-state index is -0.0589. The molecule has 5 rings (SSSR count). The van der Waals surface area contributed by atoms with E-state index < -0.39 is 0 Å². The van der Waals surface area contributed by atoms with Gasteiger partial charge in [-0.3, -0.25) is 9.48 Å². The summed E-state index contributed by atoms with van der Waals surface area (Å²) in [5.41, 5.74) is 6.58. The van der Waals surface area contributed by atoms with Gasteiger partial charge in [-0.1, -0.05) is 18.2 Å². The number of para-hydroxylation sites is 1. The van der Waals surface area contributed by atoms with Gasteiger partial charge in [0, 0.05) is 49.1 Å². The Bertz CT molecular complexity index is 1510. The summed E-state index contributed by atoms with van der Waals surface area (Å²) < 4.78 is 9.32. The van der Waals surface area contributed by atoms with Crippen LogP contribution in [-0.4, -0.2) is 19.3 Å². The van der Waals surface area contributed by atoms with Crippen molar-refractivity contribution in [3.8, 4) is 28.1 Å². The summed E-state index contributed by atoms with van der Waals surface area (Å²) in [4.78, 5) is 16.9. The van der Waals surface area contributed by atoms with Gasteiger partial charge in [-0.2, -0.15) is 5.10 Å². The lowest BCUT2D eigenvalue weighted by molar-refractivity contribution is 0.300. The highest BCUT2D eigenvalue weighted by molar-refractivity contribution is 5.83. The second kappa shape index (κ2) is 8.39. The fourth-order valence-electron chi connectivity index (χ4n) is 3.97. The number of hydrogen-bond acceptors (Lipinski definition) is 4. The molecule has 164 valence electrons. The van der Waals surface area contributed by atoms with Crippen LogP contribution in [0.5, 0.6) is 5.75 Å². The molecule has 2 aromatic carbocycles. The maximum Gasteiger partial charge on any atom is 0.250 e. The van der Waals surface area contributed by atoms with Crippen molar-refractivity contribution in [3.63, 3.8) is 0 Å². The third-order valence-corrected chi connectivity index (χ3v) is 5.74. The normalized spacial score (nSPS) is 11.1. The molecule has 0 spiro atoms. The van der Waals surface area contributed by atoms with Gasteiger partial charge >= 0.3 is 0 Å². The van der Waals surface area contributed by atoms with Crippen LogP contribution in [0.25, 0.3) is 33.3 Å². The first-order valence-corrected chi connectivity index (χ1v) is 10.8. The molecule has 0 aliphatic carbocycles. The van der Waals surface area contributed by atoms with Gasteiger partial charge in [-0.05, 0) is 60.5 Å². The minimum absolute atomic E-state index is 0.0589. The third kappa shape index (κ3) is 4.15. The molecule has 0 fully saturated rings. The summed E-state index contributed by atoms with van der Waals surface area (Å²) in [6.07, 6.45) is 3.67. The standard InChI is InChI=1S/C27H24N4O2/c1-18-14-21-6-4-5-7-24(21)28-27(18)19-8-10-22(11-9-19)33-17-25-23(16-31(3)29-25)20-12-13-30(2)26(32)15-20/h4-16H,17H2,1-3H3. The number of ether oxygens (including phenoxy) is 1. The minimum Gasteiger partial charge on any atom is -0.487 e. The fraction of sp³-hybridized carbons (Fsp3) is 0.148. The van der Waals surface area contributed by atoms with E-state index in [1.165, 1.54) is 0 Å². The lowest BCUT2D eigenvalue weighted by atomic mass is 10.0. The number of benzene rings is 2. The number of aromatic nitrogens is 4. The van der Waals surface area contributed by atoms with Crippen LogP contribution in [0.4, 0.5) is 0 Å². The first-order valence-electron chi connectivity index (χ1n) is 10.8. The number of pyridine rings is 2. The first kappa shape index (κ1) is 20.7. The summed E-state index contributed by atoms with van der Waals surface area (Å²) in [7, 11) is 3.60. The smallest absolute Gasteiger partial charge is 0.250 e. The van der Waals surface area contributed by atoms with Crippen molar-refractivity contribution in [2.24, 2.45) is 14.1 Å². The Labute approximate surface area is 191 Å². The quantitative estimate of drug-likeness (QED) is 0.394. The molecule has 5 aromatic rings. The predicted molar refractivity (Wildman–Crippen MR) is 130 cm³/mol. The number of nitrogens with zero attached hydrogens (tertiary/aromatic N) is 4. The van der Waals surface area contributed by atoms with E-state index in [2.05, 4.69) is 24.2 Å². The topological polar surface area (TPSA) is 61.9 Å². The number of rotatable bonds is 5. The van der Waals surface area contributed by atoms with Crippen LogP contribution in [0.2, 0.25) is 0 Å². The molecule has 33 heavy (non-hydrogen) atoms. The molecule has 0 radical (unpaired) electrons. The van der Waals surface area contributed by atoms with Crippen molar-refractivity contribution in [2.75, 3.05) is 0 Å². The van der Waals surface area contributed by atoms with Crippen molar-refractivity contribution < 1.29 is 4.74 Å². The maximum atomic E-state index is 12.1. The molecule has 3 aromatic heterocycles. The number of fused-ring (bicyclic) bond motifs is 1. The van der Waals surface area contributed by atoms with Crippen molar-refractivity contribution in [3.05, 3.63) is 101 Å². The Morgan fingerprint density at radius 3 is 2.52 bits per heavy atom. The van der Waals surface area contributed by atoms with E-state index in [1.54, 1.807) is 28.6 Å². The Hall–Kier alpha value is -4.19. The maximum absolute atomic E-state index is 12.1. The molecule has 0 unspecified atom stereocenters. The van der Waals surface area contributed by atoms with Gasteiger partial charge < -0.3 is 9.30 Å². The SMILES string of the molecule is Cc1cc2ccccc2nc1-c1ccc(OCc2nn(C)cc2-c2ccn(C)c(=O)c2)cc1. The lowest BCUT2D eigenvalue weighted by Gasteiger charge is -2.10. The molecule has 0 saturated carbocycles. The van der Waals surface area contributed by atoms with Crippen molar-refractivity contribution in [1.29, 1.82) is 0 Å². The summed E-state index contributed by atoms with van der Waals surface area (Å²) in [5, 5.41) is 5.67. The molecule has 0 aliphatic rings. The average Bonchev–Trinajstić information content (AvgIpc) is 3.20. The van der Waals surface area contributed by atoms with Gasteiger partial charge in [0.25, 0.3) is 5.56 Å². The van der Waals surface area contributed by atoms with Gasteiger partial charge in [0.15, 0.2) is 0 Å². The summed E-state index contributed by atoms with van der Waals surface area (Å²) in [6, 6.07) is 21.8. The van der Waals surface area contributed by atoms with E-state index >= 15 is 0 Å². The van der Waals surface area contributed by atoms with E-state index in [1.807, 2.05) is 61.8 Å². The van der Waals surface area contributed by atoms with Crippen LogP contribution < -0.4 is 10.3 Å². The summed E-state index contributed by atoms with van der Waals surface area (Å²) >= 11 is 0. The number of aryl methyl sites for hydroxylation is 3. The molecule has 0 amide bonds. The molecule has 6 heteroatoms. The van der Waals surface area contributed by atoms with Gasteiger partial charge in [0.05, 0.1) is 11.2 Å². The molecular formula is C27H24N4O2. The first-order chi connectivity index (χ1) is 16.0. The Morgan fingerprint density at radius 1 is 0.939 bits per heavy atom. The Morgan fingerprint density at radius 2 is 1.73 bits per heavy atom. The molecule has 0 atom stereocenters. The molecular weight excluding hydrogens is 412 g/mol. The zero-order valence-electron chi connectivity index (χ0n) is 18.8. The Balaban J connectivity index is 1.37. The third-order valence-electron chi connectivity index (χ3n) is 5.74. The van der Waals surface area contributed by atoms with E-state index in [-0.39, 0.29) is 5.56 Å². The lowest BCUT2D eigenvalue weighted by Crippen LogP contribution is -2.14. The summed E-state index contributed by atoms with van der Waals surface area (Å²) in [6.45, 7) is 2.39. The highest BCUT2D eigenvalue weighted by Gasteiger charge is 2.12. The van der Waals surface area contributed by atoms with Crippen LogP contribution in [0.15, 0.2) is 83.9 Å². The van der Waals surface area contributed by atoms with Crippen LogP contribution in [0.1, 0.15) is 11.3 Å². The largest absolute Gasteiger partial charge is 0.487 e. The van der Waals surface area contributed by atoms with Gasteiger partial charge in [0.1, 0.15) is 18.1 Å². The van der Waals surface area contributed by atoms with Crippen LogP contribution in [0, 0.1) is 6.92 Å². The van der Waals surface area contributed by atoms with Gasteiger partial charge in [-0.25, -0.2) is 4.98 Å². The molecule has 0 saturated heterocycles. The monoisotopic (exact) mass is 436 g/mol. The molecule has 6 nitrogen and oxygen atoms in total. The zero-order valence-corrected chi connectivity index (χ0v) is 18.8. The van der Waals surface area contributed by atoms with Crippen LogP contribution in [0.3, 0.4) is 0 Å². The van der Waals surface area contributed by atoms with Crippen LogP contribution in [-0.2, 0) is 20.7 Å². The molecule has 0 aliphatic heterocycles. The zero-order chi connectivity index (χ0) is 22.9. The summed E-state index contributed by atoms with van der Waals surface area (Å²) in [5.74, 6) is 0.748. The molecule has 0 bridgehead atoms. The van der Waals surface area contributed by atoms with Crippen molar-refractivity contribution >= 4 is 10.9 Å². The highest BCUT2D eigenvalue weighted by Crippen LogP contribution is 2.28. The van der Waals surface area contributed by atoms with Gasteiger partial charge in [0.2, 0.25) is 0 Å². The van der Waals surface area contributed by atoms with Gasteiger partial charge in [-0.15, -0.1) is 0 Å². The molecule has 3 heterocycles. The van der Waals surface area contributed by atoms with Crippen molar-refractivity contribution in [1.82, 2.24) is 19.3 Å². The second-order valence-electron chi connectivity index (χ2n) is 8.19. The van der Waals surface area contributed by atoms with E-state index in [4.69, 9.17) is 9.72 Å². The van der Waals surface area contributed by atoms with Crippen LogP contribution >= 0.6 is 0 Å². The second-order valence-corrected chi connectivity index (χ2v) is 8.19.